The highest BCUT2D eigenvalue weighted by atomic mass is 79.9. The molecule has 0 aliphatic heterocycles. The second-order valence-electron chi connectivity index (χ2n) is 4.88. The van der Waals surface area contributed by atoms with Gasteiger partial charge in [0.25, 0.3) is 0 Å². The van der Waals surface area contributed by atoms with Gasteiger partial charge in [-0.05, 0) is 60.3 Å². The number of hydrogen-bond donors (Lipinski definition) is 1. The van der Waals surface area contributed by atoms with Crippen LogP contribution in [0.5, 0.6) is 0 Å². The van der Waals surface area contributed by atoms with Gasteiger partial charge in [-0.3, -0.25) is 4.57 Å². The molecule has 0 radical (unpaired) electrons. The monoisotopic (exact) mass is 335 g/mol. The summed E-state index contributed by atoms with van der Waals surface area (Å²) in [6.07, 6.45) is 1.77. The Hall–Kier alpha value is -1.62. The molecule has 0 aliphatic carbocycles. The van der Waals surface area contributed by atoms with E-state index in [0.29, 0.717) is 6.54 Å². The van der Waals surface area contributed by atoms with E-state index in [1.165, 1.54) is 5.56 Å². The predicted molar refractivity (Wildman–Crippen MR) is 84.8 cm³/mol. The summed E-state index contributed by atoms with van der Waals surface area (Å²) in [5.41, 5.74) is 9.20. The maximum absolute atomic E-state index is 11.9. The second-order valence-corrected chi connectivity index (χ2v) is 5.67. The van der Waals surface area contributed by atoms with E-state index < -0.39 is 0 Å². The Morgan fingerprint density at radius 3 is 2.80 bits per heavy atom. The lowest BCUT2D eigenvalue weighted by atomic mass is 10.1. The number of nitrogen functional groups attached to an aromatic ring is 1. The van der Waals surface area contributed by atoms with Crippen molar-refractivity contribution in [3.8, 4) is 0 Å². The normalized spacial score (nSPS) is 10.8. The zero-order valence-corrected chi connectivity index (χ0v) is 13.3. The van der Waals surface area contributed by atoms with E-state index in [0.717, 1.165) is 34.4 Å². The number of aromatic nitrogens is 2. The van der Waals surface area contributed by atoms with Crippen molar-refractivity contribution in [3.05, 3.63) is 56.2 Å². The largest absolute Gasteiger partial charge is 0.399 e. The first kappa shape index (κ1) is 14.8. The fourth-order valence-corrected chi connectivity index (χ4v) is 2.53. The number of hydrogen-bond acceptors (Lipinski definition) is 3. The Morgan fingerprint density at radius 1 is 1.35 bits per heavy atom. The SMILES string of the molecule is Cc1nc(=O)n(CCCc2cccc(N)c2)c(C)c1Br. The molecule has 0 saturated carbocycles. The lowest BCUT2D eigenvalue weighted by Gasteiger charge is -2.12. The molecule has 1 aromatic heterocycles. The molecule has 1 aromatic carbocycles. The molecule has 0 unspecified atom stereocenters. The molecule has 4 nitrogen and oxygen atoms in total. The standard InChI is InChI=1S/C15H18BrN3O/c1-10-14(16)11(2)19(15(20)18-10)8-4-6-12-5-3-7-13(17)9-12/h3,5,7,9H,4,6,8,17H2,1-2H3. The third kappa shape index (κ3) is 3.28. The Balaban J connectivity index is 2.09. The van der Waals surface area contributed by atoms with Crippen LogP contribution >= 0.6 is 15.9 Å². The third-order valence-corrected chi connectivity index (χ3v) is 4.48. The summed E-state index contributed by atoms with van der Waals surface area (Å²) >= 11 is 3.47. The van der Waals surface area contributed by atoms with E-state index in [2.05, 4.69) is 27.0 Å². The molecule has 1 heterocycles. The number of rotatable bonds is 4. The van der Waals surface area contributed by atoms with Crippen molar-refractivity contribution >= 4 is 21.6 Å². The number of benzene rings is 1. The van der Waals surface area contributed by atoms with Crippen LogP contribution in [0.15, 0.2) is 33.5 Å². The molecule has 0 spiro atoms. The van der Waals surface area contributed by atoms with Crippen LogP contribution in [0.25, 0.3) is 0 Å². The molecule has 0 amide bonds. The summed E-state index contributed by atoms with van der Waals surface area (Å²) in [6, 6.07) is 7.85. The van der Waals surface area contributed by atoms with Gasteiger partial charge in [0, 0.05) is 17.9 Å². The average Bonchev–Trinajstić information content (AvgIpc) is 2.40. The number of nitrogens with zero attached hydrogens (tertiary/aromatic N) is 2. The molecule has 2 aromatic rings. The zero-order valence-electron chi connectivity index (χ0n) is 11.7. The van der Waals surface area contributed by atoms with Crippen molar-refractivity contribution in [2.45, 2.75) is 33.2 Å². The van der Waals surface area contributed by atoms with Crippen molar-refractivity contribution in [2.75, 3.05) is 5.73 Å². The van der Waals surface area contributed by atoms with Gasteiger partial charge in [-0.1, -0.05) is 12.1 Å². The highest BCUT2D eigenvalue weighted by Crippen LogP contribution is 2.17. The first-order valence-corrected chi connectivity index (χ1v) is 7.36. The minimum Gasteiger partial charge on any atom is -0.399 e. The summed E-state index contributed by atoms with van der Waals surface area (Å²) in [5, 5.41) is 0. The van der Waals surface area contributed by atoms with Crippen LogP contribution in [0.2, 0.25) is 0 Å². The van der Waals surface area contributed by atoms with Gasteiger partial charge in [0.05, 0.1) is 10.2 Å². The van der Waals surface area contributed by atoms with E-state index in [9.17, 15) is 4.79 Å². The average molecular weight is 336 g/mol. The lowest BCUT2D eigenvalue weighted by Crippen LogP contribution is -2.26. The van der Waals surface area contributed by atoms with Crippen LogP contribution in [-0.4, -0.2) is 9.55 Å². The van der Waals surface area contributed by atoms with Gasteiger partial charge in [-0.2, -0.15) is 4.98 Å². The summed E-state index contributed by atoms with van der Waals surface area (Å²) in [7, 11) is 0. The molecule has 0 bridgehead atoms. The first-order chi connectivity index (χ1) is 9.49. The summed E-state index contributed by atoms with van der Waals surface area (Å²) in [4.78, 5) is 15.9. The molecule has 5 heteroatoms. The molecule has 0 aliphatic rings. The van der Waals surface area contributed by atoms with Crippen molar-refractivity contribution in [2.24, 2.45) is 0 Å². The van der Waals surface area contributed by atoms with Gasteiger partial charge in [0.1, 0.15) is 0 Å². The topological polar surface area (TPSA) is 60.9 Å². The second kappa shape index (κ2) is 6.22. The fourth-order valence-electron chi connectivity index (χ4n) is 2.23. The van der Waals surface area contributed by atoms with Crippen LogP contribution in [0.1, 0.15) is 23.4 Å². The van der Waals surface area contributed by atoms with Crippen molar-refractivity contribution in [1.82, 2.24) is 9.55 Å². The Kier molecular flexibility index (Phi) is 4.60. The van der Waals surface area contributed by atoms with E-state index >= 15 is 0 Å². The molecule has 2 rings (SSSR count). The fraction of sp³-hybridized carbons (Fsp3) is 0.333. The molecular formula is C15H18BrN3O. The number of halogens is 1. The quantitative estimate of drug-likeness (QED) is 0.874. The van der Waals surface area contributed by atoms with Crippen molar-refractivity contribution in [3.63, 3.8) is 0 Å². The highest BCUT2D eigenvalue weighted by Gasteiger charge is 2.08. The van der Waals surface area contributed by atoms with Crippen molar-refractivity contribution < 1.29 is 0 Å². The number of aryl methyl sites for hydroxylation is 2. The number of anilines is 1. The van der Waals surface area contributed by atoms with Crippen LogP contribution in [-0.2, 0) is 13.0 Å². The van der Waals surface area contributed by atoms with Gasteiger partial charge < -0.3 is 5.73 Å². The number of nitrogens with two attached hydrogens (primary N) is 1. The predicted octanol–water partition coefficient (Wildman–Crippen LogP) is 2.84. The lowest BCUT2D eigenvalue weighted by molar-refractivity contribution is 0.587. The van der Waals surface area contributed by atoms with E-state index in [1.807, 2.05) is 32.0 Å². The molecule has 0 saturated heterocycles. The summed E-state index contributed by atoms with van der Waals surface area (Å²) < 4.78 is 2.62. The Morgan fingerprint density at radius 2 is 2.10 bits per heavy atom. The van der Waals surface area contributed by atoms with Crippen LogP contribution in [0.3, 0.4) is 0 Å². The zero-order chi connectivity index (χ0) is 14.7. The Bertz CT molecular complexity index is 679. The minimum atomic E-state index is -0.184. The third-order valence-electron chi connectivity index (χ3n) is 3.33. The maximum atomic E-state index is 11.9. The minimum absolute atomic E-state index is 0.184. The summed E-state index contributed by atoms with van der Waals surface area (Å²) in [6.45, 7) is 4.42. The first-order valence-electron chi connectivity index (χ1n) is 6.57. The van der Waals surface area contributed by atoms with Crippen molar-refractivity contribution in [1.29, 1.82) is 0 Å². The summed E-state index contributed by atoms with van der Waals surface area (Å²) in [5.74, 6) is 0. The van der Waals surface area contributed by atoms with Gasteiger partial charge in [0.2, 0.25) is 0 Å². The molecular weight excluding hydrogens is 318 g/mol. The van der Waals surface area contributed by atoms with Gasteiger partial charge >= 0.3 is 5.69 Å². The van der Waals surface area contributed by atoms with E-state index in [4.69, 9.17) is 5.73 Å². The molecule has 20 heavy (non-hydrogen) atoms. The van der Waals surface area contributed by atoms with Gasteiger partial charge in [-0.15, -0.1) is 0 Å². The van der Waals surface area contributed by atoms with Gasteiger partial charge in [0.15, 0.2) is 0 Å². The molecule has 0 atom stereocenters. The van der Waals surface area contributed by atoms with Crippen LogP contribution < -0.4 is 11.4 Å². The Labute approximate surface area is 126 Å². The molecule has 0 fully saturated rings. The molecule has 106 valence electrons. The smallest absolute Gasteiger partial charge is 0.348 e. The van der Waals surface area contributed by atoms with E-state index in [-0.39, 0.29) is 5.69 Å². The van der Waals surface area contributed by atoms with E-state index in [1.54, 1.807) is 4.57 Å². The van der Waals surface area contributed by atoms with Crippen LogP contribution in [0, 0.1) is 13.8 Å². The van der Waals surface area contributed by atoms with Gasteiger partial charge in [-0.25, -0.2) is 4.79 Å². The van der Waals surface area contributed by atoms with Crippen LogP contribution in [0.4, 0.5) is 5.69 Å². The highest BCUT2D eigenvalue weighted by molar-refractivity contribution is 9.10. The molecule has 2 N–H and O–H groups in total. The maximum Gasteiger partial charge on any atom is 0.348 e.